The van der Waals surface area contributed by atoms with E-state index in [1.165, 1.54) is 0 Å². The highest BCUT2D eigenvalue weighted by molar-refractivity contribution is 6.89. The van der Waals surface area contributed by atoms with Crippen molar-refractivity contribution in [2.45, 2.75) is 89.7 Å². The lowest BCUT2D eigenvalue weighted by Gasteiger charge is -2.41. The second-order valence-corrected chi connectivity index (χ2v) is 27.9. The molecule has 0 fully saturated rings. The highest BCUT2D eigenvalue weighted by Crippen LogP contribution is 2.27. The van der Waals surface area contributed by atoms with Crippen LogP contribution in [0.15, 0.2) is 0 Å². The number of rotatable bonds is 21. The van der Waals surface area contributed by atoms with Crippen LogP contribution in [-0.4, -0.2) is 119 Å². The number of hydrogen-bond acceptors (Lipinski definition) is 10. The van der Waals surface area contributed by atoms with Gasteiger partial charge in [0.25, 0.3) is 0 Å². The minimum atomic E-state index is -2.53. The maximum atomic E-state index is 9.48. The molecule has 3 unspecified atom stereocenters. The van der Waals surface area contributed by atoms with Gasteiger partial charge in [0.05, 0.1) is 39.6 Å². The van der Waals surface area contributed by atoms with Crippen LogP contribution < -0.4 is 0 Å². The number of hydrogen-bond donors (Lipinski definition) is 4. The molecule has 0 aliphatic heterocycles. The summed E-state index contributed by atoms with van der Waals surface area (Å²) in [4.78, 5) is 0. The molecule has 3 atom stereocenters. The van der Waals surface area contributed by atoms with Crippen molar-refractivity contribution in [2.24, 2.45) is 0 Å². The summed E-state index contributed by atoms with van der Waals surface area (Å²) in [6, 6.07) is 0.754. The highest BCUT2D eigenvalue weighted by atomic mass is 28.5. The predicted molar refractivity (Wildman–Crippen MR) is 146 cm³/mol. The largest absolute Gasteiger partial charge is 0.437 e. The molecule has 0 aromatic heterocycles. The Morgan fingerprint density at radius 1 is 0.629 bits per heavy atom. The number of aliphatic hydroxyl groups excluding tert-OH is 4. The van der Waals surface area contributed by atoms with Gasteiger partial charge >= 0.3 is 17.1 Å². The molecule has 0 aromatic rings. The van der Waals surface area contributed by atoms with Gasteiger partial charge in [0.15, 0.2) is 16.6 Å². The Labute approximate surface area is 216 Å². The van der Waals surface area contributed by atoms with Gasteiger partial charge < -0.3 is 47.0 Å². The van der Waals surface area contributed by atoms with E-state index < -0.39 is 52.1 Å². The molecule has 0 radical (unpaired) electrons. The van der Waals surface area contributed by atoms with Crippen molar-refractivity contribution in [2.75, 3.05) is 46.2 Å². The third kappa shape index (κ3) is 20.1. The first-order valence-corrected chi connectivity index (χ1v) is 24.5. The van der Waals surface area contributed by atoms with Crippen molar-refractivity contribution >= 4 is 33.8 Å². The van der Waals surface area contributed by atoms with E-state index >= 15 is 0 Å². The van der Waals surface area contributed by atoms with Gasteiger partial charge in [-0.25, -0.2) is 0 Å². The first kappa shape index (κ1) is 35.5. The van der Waals surface area contributed by atoms with Crippen LogP contribution in [0.5, 0.6) is 0 Å². The van der Waals surface area contributed by atoms with Crippen LogP contribution in [0.3, 0.4) is 0 Å². The molecule has 0 saturated heterocycles. The van der Waals surface area contributed by atoms with E-state index in [1.54, 1.807) is 0 Å². The summed E-state index contributed by atoms with van der Waals surface area (Å²) < 4.78 is 36.6. The van der Waals surface area contributed by atoms with Gasteiger partial charge in [0, 0.05) is 6.61 Å². The second kappa shape index (κ2) is 16.4. The van der Waals surface area contributed by atoms with E-state index in [0.29, 0.717) is 6.61 Å². The zero-order chi connectivity index (χ0) is 27.3. The first-order chi connectivity index (χ1) is 15.9. The summed E-state index contributed by atoms with van der Waals surface area (Å²) in [7, 11) is -8.50. The van der Waals surface area contributed by atoms with E-state index in [-0.39, 0.29) is 39.6 Å². The van der Waals surface area contributed by atoms with Crippen LogP contribution in [0.25, 0.3) is 0 Å². The standard InChI is InChI=1S/C21H52O10Si4/c1-32(2,3)29-34(7,8)31-35(9,30-33(4,5)6)12-10-11-28-21(17-26-15-19(24)13-22)18-27-16-20(25)14-23/h19-25H,10-18H2,1-9H3. The Kier molecular flexibility index (Phi) is 16.7. The van der Waals surface area contributed by atoms with E-state index in [9.17, 15) is 10.2 Å². The number of aliphatic hydroxyl groups is 4. The first-order valence-electron chi connectivity index (χ1n) is 12.4. The maximum absolute atomic E-state index is 9.48. The molecular formula is C21H52O10Si4. The second-order valence-electron chi connectivity index (χ2n) is 11.4. The topological polar surface area (TPSA) is 136 Å². The molecule has 0 aromatic carbocycles. The lowest BCUT2D eigenvalue weighted by molar-refractivity contribution is -0.0874. The van der Waals surface area contributed by atoms with Crippen LogP contribution in [-0.2, 0) is 26.6 Å². The van der Waals surface area contributed by atoms with Crippen LogP contribution in [0.1, 0.15) is 6.42 Å². The van der Waals surface area contributed by atoms with Gasteiger partial charge in [-0.05, 0) is 71.4 Å². The molecule has 14 heteroatoms. The molecule has 0 bridgehead atoms. The third-order valence-corrected chi connectivity index (χ3v) is 17.9. The Bertz CT molecular complexity index is 543. The average Bonchev–Trinajstić information content (AvgIpc) is 2.66. The van der Waals surface area contributed by atoms with E-state index in [2.05, 4.69) is 58.9 Å². The SMILES string of the molecule is C[Si](C)(C)O[Si](C)(C)O[Si](C)(CCCOC(COCC(O)CO)COCC(O)CO)O[Si](C)(C)C. The predicted octanol–water partition coefficient (Wildman–Crippen LogP) is 1.99. The van der Waals surface area contributed by atoms with Crippen molar-refractivity contribution in [1.29, 1.82) is 0 Å². The van der Waals surface area contributed by atoms with Gasteiger partial charge in [-0.2, -0.15) is 0 Å². The Morgan fingerprint density at radius 2 is 1.09 bits per heavy atom. The quantitative estimate of drug-likeness (QED) is 0.119. The van der Waals surface area contributed by atoms with E-state index in [1.807, 2.05) is 0 Å². The van der Waals surface area contributed by atoms with E-state index in [4.69, 9.17) is 36.8 Å². The molecule has 0 aliphatic carbocycles. The minimum Gasteiger partial charge on any atom is -0.437 e. The molecule has 10 nitrogen and oxygen atoms in total. The van der Waals surface area contributed by atoms with Gasteiger partial charge in [-0.1, -0.05) is 0 Å². The highest BCUT2D eigenvalue weighted by Gasteiger charge is 2.44. The Balaban J connectivity index is 4.99. The summed E-state index contributed by atoms with van der Waals surface area (Å²) >= 11 is 0. The summed E-state index contributed by atoms with van der Waals surface area (Å²) in [5.74, 6) is 0. The molecule has 0 rings (SSSR count). The lowest BCUT2D eigenvalue weighted by Crippen LogP contribution is -2.56. The lowest BCUT2D eigenvalue weighted by atomic mass is 10.3. The van der Waals surface area contributed by atoms with Gasteiger partial charge in [0.2, 0.25) is 0 Å². The summed E-state index contributed by atoms with van der Waals surface area (Å²) in [5, 5.41) is 36.8. The fraction of sp³-hybridized carbons (Fsp3) is 1.00. The van der Waals surface area contributed by atoms with Crippen molar-refractivity contribution in [3.63, 3.8) is 0 Å². The summed E-state index contributed by atoms with van der Waals surface area (Å²) in [6.45, 7) is 19.2. The summed E-state index contributed by atoms with van der Waals surface area (Å²) in [6.07, 6.45) is -1.62. The van der Waals surface area contributed by atoms with Gasteiger partial charge in [0.1, 0.15) is 18.3 Å². The monoisotopic (exact) mass is 576 g/mol. The van der Waals surface area contributed by atoms with Crippen LogP contribution in [0, 0.1) is 0 Å². The average molecular weight is 577 g/mol. The minimum absolute atomic E-state index is 0.0185. The molecule has 0 spiro atoms. The Morgan fingerprint density at radius 3 is 1.49 bits per heavy atom. The molecule has 0 heterocycles. The van der Waals surface area contributed by atoms with Crippen LogP contribution in [0.4, 0.5) is 0 Å². The fourth-order valence-corrected chi connectivity index (χ4v) is 21.5. The van der Waals surface area contributed by atoms with Gasteiger partial charge in [-0.15, -0.1) is 0 Å². The zero-order valence-corrected chi connectivity index (χ0v) is 27.3. The molecule has 35 heavy (non-hydrogen) atoms. The van der Waals surface area contributed by atoms with Crippen molar-refractivity contribution in [3.05, 3.63) is 0 Å². The van der Waals surface area contributed by atoms with Crippen molar-refractivity contribution < 1.29 is 47.0 Å². The normalized spacial score (nSPS) is 17.7. The summed E-state index contributed by atoms with van der Waals surface area (Å²) in [5.41, 5.74) is 0. The van der Waals surface area contributed by atoms with E-state index in [0.717, 1.165) is 12.5 Å². The van der Waals surface area contributed by atoms with Gasteiger partial charge in [-0.3, -0.25) is 0 Å². The smallest absolute Gasteiger partial charge is 0.315 e. The Hall–Kier alpha value is 0.468. The molecule has 212 valence electrons. The van der Waals surface area contributed by atoms with Crippen LogP contribution >= 0.6 is 0 Å². The zero-order valence-electron chi connectivity index (χ0n) is 23.3. The molecule has 0 aliphatic rings. The molecule has 4 N–H and O–H groups in total. The molecule has 0 saturated carbocycles. The van der Waals surface area contributed by atoms with Crippen molar-refractivity contribution in [1.82, 2.24) is 0 Å². The van der Waals surface area contributed by atoms with Crippen LogP contribution in [0.2, 0.25) is 65.0 Å². The molecular weight excluding hydrogens is 525 g/mol. The van der Waals surface area contributed by atoms with Crippen molar-refractivity contribution in [3.8, 4) is 0 Å². The third-order valence-electron chi connectivity index (χ3n) is 4.31. The maximum Gasteiger partial charge on any atom is 0.315 e. The fourth-order valence-electron chi connectivity index (χ4n) is 3.61. The number of ether oxygens (including phenoxy) is 3. The molecule has 0 amide bonds.